The van der Waals surface area contributed by atoms with Crippen LogP contribution in [0.2, 0.25) is 0 Å². The second kappa shape index (κ2) is 7.16. The molecule has 152 valence electrons. The maximum atomic E-state index is 13.1. The van der Waals surface area contributed by atoms with Gasteiger partial charge in [0, 0.05) is 11.1 Å². The van der Waals surface area contributed by atoms with E-state index in [0.29, 0.717) is 12.8 Å². The molecule has 1 aliphatic carbocycles. The molecule has 1 saturated carbocycles. The lowest BCUT2D eigenvalue weighted by molar-refractivity contribution is -0.151. The summed E-state index contributed by atoms with van der Waals surface area (Å²) >= 11 is 0. The predicted octanol–water partition coefficient (Wildman–Crippen LogP) is 4.82. The molecule has 1 fully saturated rings. The quantitative estimate of drug-likeness (QED) is 0.662. The Bertz CT molecular complexity index is 485. The number of nitrogens with one attached hydrogen (secondary N) is 2. The smallest absolute Gasteiger partial charge is 0.236 e. The molecule has 0 aromatic carbocycles. The van der Waals surface area contributed by atoms with Crippen LogP contribution < -0.4 is 10.6 Å². The van der Waals surface area contributed by atoms with Gasteiger partial charge in [-0.25, -0.2) is 0 Å². The fourth-order valence-corrected chi connectivity index (χ4v) is 4.68. The summed E-state index contributed by atoms with van der Waals surface area (Å²) in [4.78, 5) is 26.2. The number of amides is 2. The van der Waals surface area contributed by atoms with Crippen LogP contribution in [0, 0.1) is 16.2 Å². The van der Waals surface area contributed by atoms with E-state index < -0.39 is 5.41 Å². The lowest BCUT2D eigenvalue weighted by atomic mass is 9.66. The van der Waals surface area contributed by atoms with Crippen LogP contribution >= 0.6 is 0 Å². The molecule has 0 spiro atoms. The molecular weight excluding hydrogens is 324 g/mol. The van der Waals surface area contributed by atoms with E-state index in [1.54, 1.807) is 0 Å². The Morgan fingerprint density at radius 3 is 1.19 bits per heavy atom. The number of hydrogen-bond donors (Lipinski definition) is 2. The number of rotatable bonds is 6. The Labute approximate surface area is 161 Å². The van der Waals surface area contributed by atoms with Crippen LogP contribution in [0.15, 0.2) is 0 Å². The first-order valence-electron chi connectivity index (χ1n) is 10.0. The molecule has 2 amide bonds. The van der Waals surface area contributed by atoms with Gasteiger partial charge in [0.1, 0.15) is 5.41 Å². The van der Waals surface area contributed by atoms with Crippen LogP contribution in [0.25, 0.3) is 0 Å². The highest BCUT2D eigenvalue weighted by Crippen LogP contribution is 2.43. The van der Waals surface area contributed by atoms with Crippen LogP contribution in [-0.2, 0) is 9.59 Å². The standard InChI is InChI=1S/C22H42N2O2/c1-18(2,3)14-20(7,8)23-16(25)22(12-11-13-22)17(26)24-21(9,10)15-19(4,5)6/h11-15H2,1-10H3,(H,23,25)(H,24,26). The summed E-state index contributed by atoms with van der Waals surface area (Å²) in [6.07, 6.45) is 3.93. The molecule has 0 aromatic rings. The van der Waals surface area contributed by atoms with E-state index in [4.69, 9.17) is 0 Å². The van der Waals surface area contributed by atoms with Crippen molar-refractivity contribution in [1.29, 1.82) is 0 Å². The molecule has 26 heavy (non-hydrogen) atoms. The first kappa shape index (κ1) is 23.0. The molecule has 0 bridgehead atoms. The van der Waals surface area contributed by atoms with Gasteiger partial charge in [0.2, 0.25) is 11.8 Å². The second-order valence-electron chi connectivity index (χ2n) is 12.1. The topological polar surface area (TPSA) is 58.2 Å². The molecule has 0 unspecified atom stereocenters. The van der Waals surface area contributed by atoms with Crippen molar-refractivity contribution in [3.05, 3.63) is 0 Å². The lowest BCUT2D eigenvalue weighted by Crippen LogP contribution is -2.62. The number of hydrogen-bond acceptors (Lipinski definition) is 2. The van der Waals surface area contributed by atoms with E-state index >= 15 is 0 Å². The molecule has 0 aliphatic heterocycles. The Balaban J connectivity index is 2.87. The van der Waals surface area contributed by atoms with Crippen molar-refractivity contribution in [1.82, 2.24) is 10.6 Å². The first-order chi connectivity index (χ1) is 11.4. The average molecular weight is 367 g/mol. The Morgan fingerprint density at radius 1 is 0.692 bits per heavy atom. The molecule has 0 aromatic heterocycles. The molecule has 2 N–H and O–H groups in total. The summed E-state index contributed by atoms with van der Waals surface area (Å²) in [5.74, 6) is -0.218. The van der Waals surface area contributed by atoms with E-state index in [-0.39, 0.29) is 33.7 Å². The van der Waals surface area contributed by atoms with Crippen molar-refractivity contribution < 1.29 is 9.59 Å². The van der Waals surface area contributed by atoms with Gasteiger partial charge >= 0.3 is 0 Å². The average Bonchev–Trinajstić information content (AvgIpc) is 2.16. The van der Waals surface area contributed by atoms with Crippen LogP contribution in [0.4, 0.5) is 0 Å². The molecule has 0 saturated heterocycles. The third kappa shape index (κ3) is 6.59. The van der Waals surface area contributed by atoms with E-state index in [1.807, 2.05) is 27.7 Å². The van der Waals surface area contributed by atoms with Gasteiger partial charge in [-0.1, -0.05) is 48.0 Å². The minimum absolute atomic E-state index is 0.109. The number of carbonyl (C=O) groups excluding carboxylic acids is 2. The third-order valence-corrected chi connectivity index (χ3v) is 4.92. The fraction of sp³-hybridized carbons (Fsp3) is 0.909. The van der Waals surface area contributed by atoms with E-state index in [0.717, 1.165) is 19.3 Å². The van der Waals surface area contributed by atoms with E-state index in [9.17, 15) is 9.59 Å². The summed E-state index contributed by atoms with van der Waals surface area (Å²) in [6.45, 7) is 21.2. The minimum atomic E-state index is -0.899. The molecule has 0 radical (unpaired) electrons. The van der Waals surface area contributed by atoms with Crippen molar-refractivity contribution in [3.63, 3.8) is 0 Å². The van der Waals surface area contributed by atoms with Crippen molar-refractivity contribution in [2.45, 2.75) is 112 Å². The zero-order valence-electron chi connectivity index (χ0n) is 18.9. The summed E-state index contributed by atoms with van der Waals surface area (Å²) in [5, 5.41) is 6.34. The predicted molar refractivity (Wildman–Crippen MR) is 109 cm³/mol. The Kier molecular flexibility index (Phi) is 6.33. The van der Waals surface area contributed by atoms with Gasteiger partial charge in [0.05, 0.1) is 0 Å². The van der Waals surface area contributed by atoms with Crippen molar-refractivity contribution in [3.8, 4) is 0 Å². The van der Waals surface area contributed by atoms with Gasteiger partial charge in [-0.15, -0.1) is 0 Å². The highest BCUT2D eigenvalue weighted by molar-refractivity contribution is 6.06. The van der Waals surface area contributed by atoms with Gasteiger partial charge in [-0.05, 0) is 64.2 Å². The van der Waals surface area contributed by atoms with Crippen LogP contribution in [0.3, 0.4) is 0 Å². The molecule has 4 heteroatoms. The van der Waals surface area contributed by atoms with Crippen LogP contribution in [0.5, 0.6) is 0 Å². The summed E-state index contributed by atoms with van der Waals surface area (Å²) in [7, 11) is 0. The van der Waals surface area contributed by atoms with E-state index in [1.165, 1.54) is 0 Å². The maximum Gasteiger partial charge on any atom is 0.236 e. The SMILES string of the molecule is CC(C)(C)CC(C)(C)NC(=O)C1(C(=O)NC(C)(C)CC(C)(C)C)CCC1. The molecular formula is C22H42N2O2. The Morgan fingerprint density at radius 2 is 1.00 bits per heavy atom. The van der Waals surface area contributed by atoms with Crippen molar-refractivity contribution in [2.24, 2.45) is 16.2 Å². The zero-order valence-corrected chi connectivity index (χ0v) is 18.9. The van der Waals surface area contributed by atoms with Crippen molar-refractivity contribution >= 4 is 11.8 Å². The zero-order chi connectivity index (χ0) is 20.6. The minimum Gasteiger partial charge on any atom is -0.350 e. The van der Waals surface area contributed by atoms with Crippen LogP contribution in [0.1, 0.15) is 101 Å². The monoisotopic (exact) mass is 366 g/mol. The molecule has 0 atom stereocenters. The highest BCUT2D eigenvalue weighted by atomic mass is 16.2. The first-order valence-corrected chi connectivity index (χ1v) is 10.0. The van der Waals surface area contributed by atoms with E-state index in [2.05, 4.69) is 52.2 Å². The van der Waals surface area contributed by atoms with Crippen LogP contribution in [-0.4, -0.2) is 22.9 Å². The largest absolute Gasteiger partial charge is 0.350 e. The van der Waals surface area contributed by atoms with Gasteiger partial charge < -0.3 is 10.6 Å². The summed E-state index contributed by atoms with van der Waals surface area (Å²) in [5.41, 5.74) is -1.34. The van der Waals surface area contributed by atoms with Gasteiger partial charge in [-0.2, -0.15) is 0 Å². The van der Waals surface area contributed by atoms with Gasteiger partial charge in [0.15, 0.2) is 0 Å². The fourth-order valence-electron chi connectivity index (χ4n) is 4.68. The molecule has 0 heterocycles. The lowest BCUT2D eigenvalue weighted by Gasteiger charge is -2.44. The Hall–Kier alpha value is -1.06. The molecule has 1 aliphatic rings. The van der Waals surface area contributed by atoms with Crippen molar-refractivity contribution in [2.75, 3.05) is 0 Å². The number of carbonyl (C=O) groups is 2. The summed E-state index contributed by atoms with van der Waals surface area (Å²) < 4.78 is 0. The van der Waals surface area contributed by atoms with Gasteiger partial charge in [0.25, 0.3) is 0 Å². The van der Waals surface area contributed by atoms with Gasteiger partial charge in [-0.3, -0.25) is 9.59 Å². The normalized spacial score (nSPS) is 18.1. The molecule has 4 nitrogen and oxygen atoms in total. The second-order valence-corrected chi connectivity index (χ2v) is 12.1. The third-order valence-electron chi connectivity index (χ3n) is 4.92. The molecule has 1 rings (SSSR count). The highest BCUT2D eigenvalue weighted by Gasteiger charge is 2.52. The maximum absolute atomic E-state index is 13.1. The summed E-state index contributed by atoms with van der Waals surface area (Å²) in [6, 6.07) is 0.